The lowest BCUT2D eigenvalue weighted by molar-refractivity contribution is -0.384. The van der Waals surface area contributed by atoms with Gasteiger partial charge in [0.1, 0.15) is 17.6 Å². The molecule has 128 valence electrons. The smallest absolute Gasteiger partial charge is 0.293 e. The number of ether oxygens (including phenoxy) is 1. The monoisotopic (exact) mass is 353 g/mol. The lowest BCUT2D eigenvalue weighted by Crippen LogP contribution is -2.38. The van der Waals surface area contributed by atoms with Gasteiger partial charge in [0.25, 0.3) is 5.69 Å². The van der Waals surface area contributed by atoms with Crippen LogP contribution in [-0.2, 0) is 14.8 Å². The number of anilines is 1. The Morgan fingerprint density at radius 3 is 2.75 bits per heavy atom. The molecule has 9 nitrogen and oxygen atoms in total. The second kappa shape index (κ2) is 6.23. The van der Waals surface area contributed by atoms with Crippen LogP contribution < -0.4 is 10.0 Å². The highest BCUT2D eigenvalue weighted by molar-refractivity contribution is 7.89. The quantitative estimate of drug-likeness (QED) is 0.650. The maximum absolute atomic E-state index is 11.4. The first-order chi connectivity index (χ1) is 11.4. The number of primary sulfonamides is 1. The molecule has 24 heavy (non-hydrogen) atoms. The molecule has 1 fully saturated rings. The summed E-state index contributed by atoms with van der Waals surface area (Å²) in [4.78, 5) is 12.2. The number of nitrogens with zero attached hydrogens (tertiary/aromatic N) is 2. The van der Waals surface area contributed by atoms with Crippen LogP contribution in [0.2, 0.25) is 0 Å². The topological polar surface area (TPSA) is 129 Å². The van der Waals surface area contributed by atoms with Gasteiger partial charge in [-0.05, 0) is 24.3 Å². The van der Waals surface area contributed by atoms with Gasteiger partial charge in [0.2, 0.25) is 10.0 Å². The fraction of sp³-hybridized carbons (Fsp3) is 0.286. The first kappa shape index (κ1) is 16.4. The van der Waals surface area contributed by atoms with Crippen LogP contribution in [0.5, 0.6) is 0 Å². The first-order valence-electron chi connectivity index (χ1n) is 7.07. The van der Waals surface area contributed by atoms with Crippen molar-refractivity contribution in [1.82, 2.24) is 0 Å². The molecule has 1 saturated heterocycles. The Balaban J connectivity index is 1.94. The van der Waals surface area contributed by atoms with Crippen LogP contribution in [0.4, 0.5) is 11.4 Å². The van der Waals surface area contributed by atoms with E-state index in [4.69, 9.17) is 14.3 Å². The Kier molecular flexibility index (Phi) is 4.26. The number of hydrogen-bond acceptors (Lipinski definition) is 7. The van der Waals surface area contributed by atoms with E-state index in [2.05, 4.69) is 0 Å². The van der Waals surface area contributed by atoms with E-state index in [1.165, 1.54) is 18.4 Å². The Hall–Kier alpha value is -2.43. The summed E-state index contributed by atoms with van der Waals surface area (Å²) in [6.45, 7) is 1.15. The molecule has 1 aromatic carbocycles. The minimum Gasteiger partial charge on any atom is -0.467 e. The van der Waals surface area contributed by atoms with Crippen molar-refractivity contribution < 1.29 is 22.5 Å². The number of nitro groups is 1. The summed E-state index contributed by atoms with van der Waals surface area (Å²) in [6, 6.07) is 7.13. The van der Waals surface area contributed by atoms with E-state index in [-0.39, 0.29) is 16.7 Å². The van der Waals surface area contributed by atoms with Gasteiger partial charge in [-0.1, -0.05) is 0 Å². The molecule has 2 aromatic rings. The molecule has 2 heterocycles. The minimum atomic E-state index is -4.02. The van der Waals surface area contributed by atoms with Crippen LogP contribution in [0.3, 0.4) is 0 Å². The summed E-state index contributed by atoms with van der Waals surface area (Å²) in [6.07, 6.45) is 1.17. The standard InChI is InChI=1S/C14H15N3O6S/c15-24(20,21)10-3-4-11(12(8-10)17(18)19)16-5-7-23-14(9-16)13-2-1-6-22-13/h1-4,6,8,14H,5,7,9H2,(H2,15,20,21). The maximum Gasteiger partial charge on any atom is 0.293 e. The van der Waals surface area contributed by atoms with Crippen molar-refractivity contribution in [2.45, 2.75) is 11.0 Å². The molecule has 3 rings (SSSR count). The number of furan rings is 1. The second-order valence-corrected chi connectivity index (χ2v) is 6.83. The van der Waals surface area contributed by atoms with E-state index in [0.717, 1.165) is 6.07 Å². The fourth-order valence-corrected chi connectivity index (χ4v) is 3.14. The van der Waals surface area contributed by atoms with Gasteiger partial charge >= 0.3 is 0 Å². The number of nitrogens with two attached hydrogens (primary N) is 1. The third-order valence-corrected chi connectivity index (χ3v) is 4.65. The summed E-state index contributed by atoms with van der Waals surface area (Å²) < 4.78 is 33.8. The van der Waals surface area contributed by atoms with Crippen LogP contribution in [0.25, 0.3) is 0 Å². The van der Waals surface area contributed by atoms with Gasteiger partial charge in [-0.15, -0.1) is 0 Å². The maximum atomic E-state index is 11.4. The Morgan fingerprint density at radius 2 is 2.12 bits per heavy atom. The van der Waals surface area contributed by atoms with Crippen LogP contribution in [0.15, 0.2) is 45.9 Å². The van der Waals surface area contributed by atoms with Crippen molar-refractivity contribution in [2.75, 3.05) is 24.6 Å². The lowest BCUT2D eigenvalue weighted by atomic mass is 10.1. The number of sulfonamides is 1. The molecule has 1 aliphatic heterocycles. The molecule has 10 heteroatoms. The van der Waals surface area contributed by atoms with Crippen molar-refractivity contribution in [3.05, 3.63) is 52.5 Å². The summed E-state index contributed by atoms with van der Waals surface area (Å²) >= 11 is 0. The summed E-state index contributed by atoms with van der Waals surface area (Å²) in [5, 5.41) is 16.4. The summed E-state index contributed by atoms with van der Waals surface area (Å²) in [5.74, 6) is 0.628. The van der Waals surface area contributed by atoms with Crippen LogP contribution >= 0.6 is 0 Å². The van der Waals surface area contributed by atoms with Gasteiger partial charge in [0.05, 0.1) is 29.2 Å². The van der Waals surface area contributed by atoms with Crippen molar-refractivity contribution in [3.8, 4) is 0 Å². The molecule has 1 unspecified atom stereocenters. The van der Waals surface area contributed by atoms with E-state index < -0.39 is 14.9 Å². The summed E-state index contributed by atoms with van der Waals surface area (Å²) in [5.41, 5.74) is -0.00567. The van der Waals surface area contributed by atoms with E-state index in [1.54, 1.807) is 17.0 Å². The molecule has 0 amide bonds. The molecular formula is C14H15N3O6S. The fourth-order valence-electron chi connectivity index (χ4n) is 2.61. The van der Waals surface area contributed by atoms with Gasteiger partial charge in [-0.3, -0.25) is 10.1 Å². The van der Waals surface area contributed by atoms with Gasteiger partial charge in [-0.2, -0.15) is 0 Å². The molecule has 1 aliphatic rings. The molecule has 1 aromatic heterocycles. The first-order valence-corrected chi connectivity index (χ1v) is 8.62. The molecule has 0 saturated carbocycles. The zero-order valence-corrected chi connectivity index (χ0v) is 13.3. The van der Waals surface area contributed by atoms with E-state index in [9.17, 15) is 18.5 Å². The van der Waals surface area contributed by atoms with Gasteiger partial charge < -0.3 is 14.1 Å². The number of hydrogen-bond donors (Lipinski definition) is 1. The van der Waals surface area contributed by atoms with Gasteiger partial charge in [0, 0.05) is 12.6 Å². The predicted molar refractivity (Wildman–Crippen MR) is 84.1 cm³/mol. The molecule has 0 bridgehead atoms. The number of rotatable bonds is 4. The predicted octanol–water partition coefficient (Wildman–Crippen LogP) is 1.41. The number of morpholine rings is 1. The Bertz CT molecular complexity index is 849. The Morgan fingerprint density at radius 1 is 1.33 bits per heavy atom. The number of nitro benzene ring substituents is 1. The zero-order valence-electron chi connectivity index (χ0n) is 12.5. The highest BCUT2D eigenvalue weighted by atomic mass is 32.2. The van der Waals surface area contributed by atoms with Crippen LogP contribution in [0, 0.1) is 10.1 Å². The van der Waals surface area contributed by atoms with Crippen molar-refractivity contribution in [1.29, 1.82) is 0 Å². The highest BCUT2D eigenvalue weighted by Crippen LogP contribution is 2.34. The molecule has 2 N–H and O–H groups in total. The van der Waals surface area contributed by atoms with Crippen LogP contribution in [0.1, 0.15) is 11.9 Å². The molecular weight excluding hydrogens is 338 g/mol. The van der Waals surface area contributed by atoms with Gasteiger partial charge in [-0.25, -0.2) is 13.6 Å². The van der Waals surface area contributed by atoms with Crippen molar-refractivity contribution in [3.63, 3.8) is 0 Å². The summed E-state index contributed by atoms with van der Waals surface area (Å²) in [7, 11) is -4.02. The largest absolute Gasteiger partial charge is 0.467 e. The third kappa shape index (κ3) is 3.25. The molecule has 1 atom stereocenters. The van der Waals surface area contributed by atoms with E-state index in [0.29, 0.717) is 31.1 Å². The minimum absolute atomic E-state index is 0.297. The highest BCUT2D eigenvalue weighted by Gasteiger charge is 2.29. The Labute approximate surface area is 137 Å². The van der Waals surface area contributed by atoms with Gasteiger partial charge in [0.15, 0.2) is 0 Å². The normalized spacial score (nSPS) is 18.5. The van der Waals surface area contributed by atoms with Crippen molar-refractivity contribution >= 4 is 21.4 Å². The zero-order chi connectivity index (χ0) is 17.3. The molecule has 0 aliphatic carbocycles. The lowest BCUT2D eigenvalue weighted by Gasteiger charge is -2.33. The van der Waals surface area contributed by atoms with Crippen LogP contribution in [-0.4, -0.2) is 33.0 Å². The second-order valence-electron chi connectivity index (χ2n) is 5.27. The molecule has 0 spiro atoms. The van der Waals surface area contributed by atoms with E-state index in [1.807, 2.05) is 0 Å². The SMILES string of the molecule is NS(=O)(=O)c1ccc(N2CCOC(c3ccco3)C2)c([N+](=O)[O-])c1. The number of benzene rings is 1. The van der Waals surface area contributed by atoms with Crippen molar-refractivity contribution in [2.24, 2.45) is 5.14 Å². The average molecular weight is 353 g/mol. The molecule has 0 radical (unpaired) electrons. The third-order valence-electron chi connectivity index (χ3n) is 3.74. The van der Waals surface area contributed by atoms with E-state index >= 15 is 0 Å². The average Bonchev–Trinajstić information content (AvgIpc) is 3.08.